The summed E-state index contributed by atoms with van der Waals surface area (Å²) in [5, 5.41) is 0. The smallest absolute Gasteiger partial charge is 0.0235 e. The van der Waals surface area contributed by atoms with Crippen molar-refractivity contribution >= 4 is 0 Å². The van der Waals surface area contributed by atoms with Crippen LogP contribution in [0.15, 0.2) is 0 Å². The third-order valence-electron chi connectivity index (χ3n) is 16.9. The van der Waals surface area contributed by atoms with Crippen LogP contribution in [0, 0.1) is 88.3 Å². The Morgan fingerprint density at radius 3 is 1.24 bits per heavy atom. The first-order valence-corrected chi connectivity index (χ1v) is 18.8. The molecule has 12 unspecified atom stereocenters. The molecule has 0 saturated heterocycles. The maximum absolute atomic E-state index is 1.70. The van der Waals surface area contributed by atoms with Crippen LogP contribution in [0.2, 0.25) is 0 Å². The van der Waals surface area contributed by atoms with E-state index in [1.165, 1.54) is 17.8 Å². The second-order valence-electron chi connectivity index (χ2n) is 17.6. The average molecular weight is 517 g/mol. The summed E-state index contributed by atoms with van der Waals surface area (Å²) in [6, 6.07) is 0. The Bertz CT molecular complexity index is 807. The lowest BCUT2D eigenvalue weighted by molar-refractivity contribution is -0.0809. The van der Waals surface area contributed by atoms with Crippen LogP contribution in [0.1, 0.15) is 148 Å². The first-order chi connectivity index (χ1) is 18.8. The van der Waals surface area contributed by atoms with E-state index in [0.717, 1.165) is 70.5 Å². The summed E-state index contributed by atoms with van der Waals surface area (Å²) < 4.78 is 0. The molecule has 0 radical (unpaired) electrons. The topological polar surface area (TPSA) is 0 Å². The van der Waals surface area contributed by atoms with Crippen LogP contribution in [0.4, 0.5) is 0 Å². The Kier molecular flexibility index (Phi) is 6.15. The molecule has 0 aliphatic heterocycles. The first kappa shape index (κ1) is 24.6. The summed E-state index contributed by atoms with van der Waals surface area (Å²) in [7, 11) is 0. The highest BCUT2D eigenvalue weighted by molar-refractivity contribution is 5.15. The Morgan fingerprint density at radius 2 is 0.789 bits per heavy atom. The lowest BCUT2D eigenvalue weighted by Crippen LogP contribution is -2.49. The summed E-state index contributed by atoms with van der Waals surface area (Å²) in [6.45, 7) is 0. The second-order valence-corrected chi connectivity index (χ2v) is 17.6. The number of fused-ring (bicyclic) bond motifs is 9. The van der Waals surface area contributed by atoms with Crippen molar-refractivity contribution < 1.29 is 0 Å². The van der Waals surface area contributed by atoms with Gasteiger partial charge in [-0.05, 0) is 165 Å². The van der Waals surface area contributed by atoms with Crippen molar-refractivity contribution in [2.75, 3.05) is 0 Å². The summed E-state index contributed by atoms with van der Waals surface area (Å²) in [6.07, 6.45) is 37.4. The van der Waals surface area contributed by atoms with Crippen molar-refractivity contribution in [2.45, 2.75) is 148 Å². The molecule has 9 fully saturated rings. The molecule has 0 N–H and O–H groups in total. The third kappa shape index (κ3) is 3.58. The fourth-order valence-electron chi connectivity index (χ4n) is 15.7. The zero-order chi connectivity index (χ0) is 24.8. The van der Waals surface area contributed by atoms with Crippen LogP contribution in [0.25, 0.3) is 0 Å². The van der Waals surface area contributed by atoms with Crippen molar-refractivity contribution in [3.63, 3.8) is 0 Å². The van der Waals surface area contributed by atoms with Gasteiger partial charge in [0.05, 0.1) is 0 Å². The molecule has 9 aliphatic carbocycles. The summed E-state index contributed by atoms with van der Waals surface area (Å²) in [5.74, 6) is 16.2. The lowest BCUT2D eigenvalue weighted by Gasteiger charge is -2.57. The SMILES string of the molecule is C1CCC2CC3C(CCC4C3C3C5CC6CCCCC6CC5CCC3C4C3(C4CCCC4)CCC3)CC2C1. The van der Waals surface area contributed by atoms with Gasteiger partial charge >= 0.3 is 0 Å². The fraction of sp³-hybridized carbons (Fsp3) is 1.00. The molecule has 0 aromatic heterocycles. The quantitative estimate of drug-likeness (QED) is 0.342. The Balaban J connectivity index is 1.09. The minimum Gasteiger partial charge on any atom is -0.0530 e. The largest absolute Gasteiger partial charge is 0.0530 e. The van der Waals surface area contributed by atoms with Gasteiger partial charge in [0.2, 0.25) is 0 Å². The molecule has 0 spiro atoms. The Labute approximate surface area is 235 Å². The van der Waals surface area contributed by atoms with E-state index in [1.54, 1.807) is 148 Å². The van der Waals surface area contributed by atoms with Crippen LogP contribution in [0.3, 0.4) is 0 Å². The molecular formula is C38H60. The molecule has 0 aromatic carbocycles. The third-order valence-corrected chi connectivity index (χ3v) is 16.9. The van der Waals surface area contributed by atoms with Gasteiger partial charge in [0, 0.05) is 0 Å². The molecule has 38 heavy (non-hydrogen) atoms. The minimum atomic E-state index is 0.822. The van der Waals surface area contributed by atoms with E-state index in [0.29, 0.717) is 0 Å². The molecule has 0 aromatic rings. The van der Waals surface area contributed by atoms with E-state index >= 15 is 0 Å². The highest BCUT2D eigenvalue weighted by Gasteiger charge is 2.67. The van der Waals surface area contributed by atoms with Gasteiger partial charge < -0.3 is 0 Å². The lowest BCUT2D eigenvalue weighted by atomic mass is 9.48. The van der Waals surface area contributed by atoms with Crippen molar-refractivity contribution in [2.24, 2.45) is 88.3 Å². The zero-order valence-electron chi connectivity index (χ0n) is 24.8. The van der Waals surface area contributed by atoms with E-state index in [4.69, 9.17) is 0 Å². The molecular weight excluding hydrogens is 456 g/mol. The van der Waals surface area contributed by atoms with Crippen LogP contribution >= 0.6 is 0 Å². The van der Waals surface area contributed by atoms with E-state index in [-0.39, 0.29) is 0 Å². The van der Waals surface area contributed by atoms with Gasteiger partial charge in [-0.2, -0.15) is 0 Å². The molecule has 12 atom stereocenters. The fourth-order valence-corrected chi connectivity index (χ4v) is 15.7. The van der Waals surface area contributed by atoms with E-state index < -0.39 is 0 Å². The monoisotopic (exact) mass is 516 g/mol. The average Bonchev–Trinajstić information content (AvgIpc) is 3.58. The Morgan fingerprint density at radius 1 is 0.342 bits per heavy atom. The first-order valence-electron chi connectivity index (χ1n) is 18.8. The molecule has 9 rings (SSSR count). The molecule has 9 saturated carbocycles. The normalized spacial score (nSPS) is 55.4. The van der Waals surface area contributed by atoms with Crippen molar-refractivity contribution in [3.05, 3.63) is 0 Å². The minimum absolute atomic E-state index is 0.822. The maximum atomic E-state index is 1.70. The van der Waals surface area contributed by atoms with Gasteiger partial charge in [0.25, 0.3) is 0 Å². The molecule has 0 nitrogen and oxygen atoms in total. The van der Waals surface area contributed by atoms with Gasteiger partial charge in [-0.1, -0.05) is 70.6 Å². The summed E-state index contributed by atoms with van der Waals surface area (Å²) in [4.78, 5) is 0. The predicted octanol–water partition coefficient (Wildman–Crippen LogP) is 10.7. The van der Waals surface area contributed by atoms with Crippen molar-refractivity contribution in [1.82, 2.24) is 0 Å². The van der Waals surface area contributed by atoms with E-state index in [9.17, 15) is 0 Å². The highest BCUT2D eigenvalue weighted by Crippen LogP contribution is 2.74. The van der Waals surface area contributed by atoms with Crippen LogP contribution in [-0.4, -0.2) is 0 Å². The standard InChI is InChI=1S/C38H60/c1-3-10-26-22-33-28(20-24(26)8-1)14-16-31-35(33)36-32(37(31)38(18-7-19-38)30-12-5-6-13-30)17-15-29-21-25-9-2-4-11-27(25)23-34(29)36/h24-37H,1-23H2. The van der Waals surface area contributed by atoms with Gasteiger partial charge in [0.15, 0.2) is 0 Å². The van der Waals surface area contributed by atoms with Crippen LogP contribution in [-0.2, 0) is 0 Å². The maximum Gasteiger partial charge on any atom is -0.0235 e. The molecule has 0 heteroatoms. The van der Waals surface area contributed by atoms with Crippen LogP contribution < -0.4 is 0 Å². The molecule has 0 amide bonds. The molecule has 212 valence electrons. The predicted molar refractivity (Wildman–Crippen MR) is 157 cm³/mol. The van der Waals surface area contributed by atoms with Crippen LogP contribution in [0.5, 0.6) is 0 Å². The van der Waals surface area contributed by atoms with Gasteiger partial charge in [-0.25, -0.2) is 0 Å². The van der Waals surface area contributed by atoms with Crippen molar-refractivity contribution in [1.29, 1.82) is 0 Å². The van der Waals surface area contributed by atoms with Gasteiger partial charge in [-0.15, -0.1) is 0 Å². The van der Waals surface area contributed by atoms with Crippen molar-refractivity contribution in [3.8, 4) is 0 Å². The summed E-state index contributed by atoms with van der Waals surface area (Å²) in [5.41, 5.74) is 0.822. The highest BCUT2D eigenvalue weighted by atomic mass is 14.7. The molecule has 9 aliphatic rings. The van der Waals surface area contributed by atoms with Gasteiger partial charge in [-0.3, -0.25) is 0 Å². The molecule has 0 bridgehead atoms. The number of hydrogen-bond acceptors (Lipinski definition) is 0. The van der Waals surface area contributed by atoms with E-state index in [2.05, 4.69) is 0 Å². The molecule has 0 heterocycles. The van der Waals surface area contributed by atoms with Gasteiger partial charge in [0.1, 0.15) is 0 Å². The summed E-state index contributed by atoms with van der Waals surface area (Å²) >= 11 is 0. The number of hydrogen-bond donors (Lipinski definition) is 0. The zero-order valence-corrected chi connectivity index (χ0v) is 24.8. The number of rotatable bonds is 2. The second kappa shape index (κ2) is 9.51. The Hall–Kier alpha value is 0. The van der Waals surface area contributed by atoms with E-state index in [1.807, 2.05) is 0 Å².